The Morgan fingerprint density at radius 1 is 1.21 bits per heavy atom. The molecule has 1 aliphatic heterocycles. The van der Waals surface area contributed by atoms with Gasteiger partial charge in [0.1, 0.15) is 10.0 Å². The highest BCUT2D eigenvalue weighted by atomic mass is 32.2. The maximum absolute atomic E-state index is 13.8. The van der Waals surface area contributed by atoms with Crippen LogP contribution < -0.4 is 10.6 Å². The van der Waals surface area contributed by atoms with Crippen molar-refractivity contribution in [3.63, 3.8) is 0 Å². The van der Waals surface area contributed by atoms with Gasteiger partial charge in [0.05, 0.1) is 26.3 Å². The van der Waals surface area contributed by atoms with E-state index in [-0.39, 0.29) is 12.4 Å². The third-order valence-electron chi connectivity index (χ3n) is 4.34. The number of sulfonamides is 1. The summed E-state index contributed by atoms with van der Waals surface area (Å²) in [7, 11) is -3.48. The first-order valence-electron chi connectivity index (χ1n) is 9.43. The molecule has 0 atom stereocenters. The highest BCUT2D eigenvalue weighted by molar-refractivity contribution is 7.91. The van der Waals surface area contributed by atoms with Gasteiger partial charge in [0.25, 0.3) is 10.0 Å². The van der Waals surface area contributed by atoms with Crippen LogP contribution in [-0.4, -0.2) is 51.5 Å². The van der Waals surface area contributed by atoms with Crippen LogP contribution in [0.25, 0.3) is 0 Å². The molecule has 3 rings (SSSR count). The Balaban J connectivity index is 1.63. The zero-order valence-electron chi connectivity index (χ0n) is 16.2. The summed E-state index contributed by atoms with van der Waals surface area (Å²) in [5, 5.41) is 6.28. The standard InChI is InChI=1S/C19H25FN4O3S2/c1-2-21-19(22-13-15-5-3-4-6-17(15)20)23-14-16-7-8-18(28-16)29(25,26)24-9-11-27-12-10-24/h3-8H,2,9-14H2,1H3,(H2,21,22,23). The van der Waals surface area contributed by atoms with E-state index >= 15 is 0 Å². The summed E-state index contributed by atoms with van der Waals surface area (Å²) in [4.78, 5) is 5.28. The summed E-state index contributed by atoms with van der Waals surface area (Å²) in [6, 6.07) is 9.96. The van der Waals surface area contributed by atoms with E-state index in [1.165, 1.54) is 21.7 Å². The average Bonchev–Trinajstić information content (AvgIpc) is 3.22. The molecule has 29 heavy (non-hydrogen) atoms. The summed E-state index contributed by atoms with van der Waals surface area (Å²) in [5.74, 6) is 0.255. The molecule has 0 aliphatic carbocycles. The molecule has 7 nitrogen and oxygen atoms in total. The van der Waals surface area contributed by atoms with Gasteiger partial charge in [0, 0.05) is 30.1 Å². The van der Waals surface area contributed by atoms with Crippen molar-refractivity contribution in [2.45, 2.75) is 24.2 Å². The summed E-state index contributed by atoms with van der Waals surface area (Å²) < 4.78 is 46.2. The van der Waals surface area contributed by atoms with Gasteiger partial charge in [-0.05, 0) is 25.1 Å². The van der Waals surface area contributed by atoms with E-state index in [9.17, 15) is 12.8 Å². The predicted molar refractivity (Wildman–Crippen MR) is 112 cm³/mol. The van der Waals surface area contributed by atoms with E-state index in [0.29, 0.717) is 55.1 Å². The smallest absolute Gasteiger partial charge is 0.252 e. The number of rotatable bonds is 7. The van der Waals surface area contributed by atoms with Gasteiger partial charge in [0.15, 0.2) is 5.96 Å². The van der Waals surface area contributed by atoms with Crippen molar-refractivity contribution >= 4 is 27.3 Å². The number of morpholine rings is 1. The SMILES string of the molecule is CCNC(=NCc1ccccc1F)NCc1ccc(S(=O)(=O)N2CCOCC2)s1. The lowest BCUT2D eigenvalue weighted by molar-refractivity contribution is 0.0731. The van der Waals surface area contributed by atoms with Crippen molar-refractivity contribution < 1.29 is 17.5 Å². The molecule has 10 heteroatoms. The Morgan fingerprint density at radius 3 is 2.69 bits per heavy atom. The first-order chi connectivity index (χ1) is 14.0. The molecule has 0 radical (unpaired) electrons. The van der Waals surface area contributed by atoms with Gasteiger partial charge in [-0.1, -0.05) is 18.2 Å². The summed E-state index contributed by atoms with van der Waals surface area (Å²) in [6.07, 6.45) is 0. The van der Waals surface area contributed by atoms with Crippen LogP contribution in [0.5, 0.6) is 0 Å². The molecule has 1 saturated heterocycles. The quantitative estimate of drug-likeness (QED) is 0.509. The molecule has 1 aliphatic rings. The maximum atomic E-state index is 13.8. The maximum Gasteiger partial charge on any atom is 0.252 e. The Hall–Kier alpha value is -2.01. The first-order valence-corrected chi connectivity index (χ1v) is 11.7. The van der Waals surface area contributed by atoms with Crippen LogP contribution in [0.2, 0.25) is 0 Å². The monoisotopic (exact) mass is 440 g/mol. The van der Waals surface area contributed by atoms with Gasteiger partial charge in [0.2, 0.25) is 0 Å². The van der Waals surface area contributed by atoms with Crippen LogP contribution in [0, 0.1) is 5.82 Å². The largest absolute Gasteiger partial charge is 0.379 e. The van der Waals surface area contributed by atoms with E-state index in [1.54, 1.807) is 30.3 Å². The number of nitrogens with one attached hydrogen (secondary N) is 2. The summed E-state index contributed by atoms with van der Waals surface area (Å²) in [5.41, 5.74) is 0.514. The van der Waals surface area contributed by atoms with E-state index in [2.05, 4.69) is 15.6 Å². The molecule has 0 bridgehead atoms. The number of aliphatic imine (C=N–C) groups is 1. The molecule has 158 valence electrons. The number of halogens is 1. The van der Waals surface area contributed by atoms with Gasteiger partial charge in [-0.2, -0.15) is 4.31 Å². The second-order valence-electron chi connectivity index (χ2n) is 6.38. The Bertz CT molecular complexity index is 940. The van der Waals surface area contributed by atoms with E-state index in [1.807, 2.05) is 6.92 Å². The fraction of sp³-hybridized carbons (Fsp3) is 0.421. The fourth-order valence-electron chi connectivity index (χ4n) is 2.81. The van der Waals surface area contributed by atoms with Crippen LogP contribution >= 0.6 is 11.3 Å². The Labute approximate surface area is 174 Å². The molecule has 2 heterocycles. The van der Waals surface area contributed by atoms with Gasteiger partial charge < -0.3 is 15.4 Å². The van der Waals surface area contributed by atoms with Crippen LogP contribution in [0.1, 0.15) is 17.4 Å². The Kier molecular flexibility index (Phi) is 7.59. The molecule has 1 aromatic carbocycles. The lowest BCUT2D eigenvalue weighted by Gasteiger charge is -2.25. The average molecular weight is 441 g/mol. The van der Waals surface area contributed by atoms with Crippen LogP contribution in [0.4, 0.5) is 4.39 Å². The molecule has 0 spiro atoms. The van der Waals surface area contributed by atoms with Gasteiger partial charge in [-0.3, -0.25) is 0 Å². The number of guanidine groups is 1. The molecular formula is C19H25FN4O3S2. The van der Waals surface area contributed by atoms with Crippen LogP contribution in [0.3, 0.4) is 0 Å². The molecule has 1 aromatic heterocycles. The zero-order chi connectivity index (χ0) is 20.7. The first kappa shape index (κ1) is 21.7. The third-order valence-corrected chi connectivity index (χ3v) is 7.79. The number of thiophene rings is 1. The zero-order valence-corrected chi connectivity index (χ0v) is 17.9. The lowest BCUT2D eigenvalue weighted by Crippen LogP contribution is -2.40. The molecule has 0 amide bonds. The van der Waals surface area contributed by atoms with Crippen molar-refractivity contribution in [1.82, 2.24) is 14.9 Å². The van der Waals surface area contributed by atoms with Crippen molar-refractivity contribution in [2.24, 2.45) is 4.99 Å². The topological polar surface area (TPSA) is 83.0 Å². The minimum Gasteiger partial charge on any atom is -0.379 e. The van der Waals surface area contributed by atoms with Crippen molar-refractivity contribution in [3.05, 3.63) is 52.7 Å². The van der Waals surface area contributed by atoms with Gasteiger partial charge in [-0.25, -0.2) is 17.8 Å². The number of hydrogen-bond donors (Lipinski definition) is 2. The molecule has 1 fully saturated rings. The minimum absolute atomic E-state index is 0.211. The second-order valence-corrected chi connectivity index (χ2v) is 9.71. The molecule has 0 saturated carbocycles. The fourth-order valence-corrected chi connectivity index (χ4v) is 5.67. The van der Waals surface area contributed by atoms with Crippen molar-refractivity contribution in [1.29, 1.82) is 0 Å². The Morgan fingerprint density at radius 2 is 1.97 bits per heavy atom. The summed E-state index contributed by atoms with van der Waals surface area (Å²) in [6.45, 7) is 4.83. The van der Waals surface area contributed by atoms with Crippen molar-refractivity contribution in [2.75, 3.05) is 32.8 Å². The summed E-state index contributed by atoms with van der Waals surface area (Å²) >= 11 is 1.23. The van der Waals surface area contributed by atoms with Gasteiger partial charge >= 0.3 is 0 Å². The number of ether oxygens (including phenoxy) is 1. The normalized spacial score (nSPS) is 16.0. The number of hydrogen-bond acceptors (Lipinski definition) is 5. The second kappa shape index (κ2) is 10.1. The lowest BCUT2D eigenvalue weighted by atomic mass is 10.2. The van der Waals surface area contributed by atoms with E-state index < -0.39 is 10.0 Å². The van der Waals surface area contributed by atoms with Gasteiger partial charge in [-0.15, -0.1) is 11.3 Å². The van der Waals surface area contributed by atoms with Crippen LogP contribution in [0.15, 0.2) is 45.6 Å². The minimum atomic E-state index is -3.48. The molecule has 0 unspecified atom stereocenters. The number of benzene rings is 1. The highest BCUT2D eigenvalue weighted by Gasteiger charge is 2.27. The van der Waals surface area contributed by atoms with Crippen LogP contribution in [-0.2, 0) is 27.8 Å². The molecule has 2 N–H and O–H groups in total. The predicted octanol–water partition coefficient (Wildman–Crippen LogP) is 2.16. The number of nitrogens with zero attached hydrogens (tertiary/aromatic N) is 2. The van der Waals surface area contributed by atoms with E-state index in [4.69, 9.17) is 4.74 Å². The van der Waals surface area contributed by atoms with Crippen molar-refractivity contribution in [3.8, 4) is 0 Å². The molecular weight excluding hydrogens is 415 g/mol. The van der Waals surface area contributed by atoms with E-state index in [0.717, 1.165) is 4.88 Å². The highest BCUT2D eigenvalue weighted by Crippen LogP contribution is 2.25. The third kappa shape index (κ3) is 5.75. The molecule has 2 aromatic rings.